The second-order valence-corrected chi connectivity index (χ2v) is 5.71. The lowest BCUT2D eigenvalue weighted by Gasteiger charge is -2.20. The first kappa shape index (κ1) is 16.8. The molecule has 0 fully saturated rings. The van der Waals surface area contributed by atoms with E-state index in [-0.39, 0.29) is 6.03 Å². The highest BCUT2D eigenvalue weighted by molar-refractivity contribution is 7.99. The molecule has 0 saturated heterocycles. The van der Waals surface area contributed by atoms with Crippen LogP contribution in [-0.4, -0.2) is 44.5 Å². The Morgan fingerprint density at radius 2 is 2.25 bits per heavy atom. The molecule has 0 aliphatic heterocycles. The number of nitrogens with zero attached hydrogens (tertiary/aromatic N) is 4. The first-order chi connectivity index (χ1) is 9.72. The molecule has 0 atom stereocenters. The zero-order valence-corrected chi connectivity index (χ0v) is 13.2. The van der Waals surface area contributed by atoms with Gasteiger partial charge in [-0.3, -0.25) is 0 Å². The van der Waals surface area contributed by atoms with Crippen molar-refractivity contribution < 1.29 is 4.79 Å². The van der Waals surface area contributed by atoms with Crippen molar-refractivity contribution in [3.8, 4) is 0 Å². The molecule has 0 aliphatic carbocycles. The summed E-state index contributed by atoms with van der Waals surface area (Å²) in [6.07, 6.45) is 7.79. The summed E-state index contributed by atoms with van der Waals surface area (Å²) in [5.74, 6) is 0.894. The van der Waals surface area contributed by atoms with Gasteiger partial charge in [0.2, 0.25) is 5.16 Å². The monoisotopic (exact) mass is 296 g/mol. The van der Waals surface area contributed by atoms with Crippen LogP contribution in [0.25, 0.3) is 0 Å². The largest absolute Gasteiger partial charge is 0.346 e. The fourth-order valence-corrected chi connectivity index (χ4v) is 2.36. The van der Waals surface area contributed by atoms with Gasteiger partial charge in [0.15, 0.2) is 0 Å². The fraction of sp³-hybridized carbons (Fsp3) is 0.643. The highest BCUT2D eigenvalue weighted by Gasteiger charge is 2.15. The lowest BCUT2D eigenvalue weighted by molar-refractivity contribution is 0.200. The summed E-state index contributed by atoms with van der Waals surface area (Å²) in [5.41, 5.74) is 0. The molecule has 20 heavy (non-hydrogen) atoms. The maximum atomic E-state index is 12.3. The van der Waals surface area contributed by atoms with E-state index in [0.29, 0.717) is 11.7 Å². The predicted octanol–water partition coefficient (Wildman–Crippen LogP) is 3.43. The number of carbonyl (C=O) groups is 1. The minimum atomic E-state index is -0.128. The third-order valence-corrected chi connectivity index (χ3v) is 3.58. The average Bonchev–Trinajstić information content (AvgIpc) is 2.90. The number of hydrogen-bond donors (Lipinski definition) is 0. The van der Waals surface area contributed by atoms with Crippen LogP contribution in [0.5, 0.6) is 0 Å². The van der Waals surface area contributed by atoms with Gasteiger partial charge in [0.1, 0.15) is 6.33 Å². The summed E-state index contributed by atoms with van der Waals surface area (Å²) >= 11 is 1.53. The molecule has 112 valence electrons. The summed E-state index contributed by atoms with van der Waals surface area (Å²) in [5, 5.41) is 4.83. The maximum Gasteiger partial charge on any atom is 0.346 e. The van der Waals surface area contributed by atoms with Crippen molar-refractivity contribution in [2.75, 3.05) is 18.8 Å². The Balaban J connectivity index is 2.59. The molecule has 0 N–H and O–H groups in total. The molecule has 6 heteroatoms. The molecule has 1 amide bonds. The van der Waals surface area contributed by atoms with E-state index in [9.17, 15) is 4.79 Å². The number of unbranched alkanes of at least 4 members (excludes halogenated alkanes) is 3. The van der Waals surface area contributed by atoms with Crippen molar-refractivity contribution in [2.45, 2.75) is 44.7 Å². The molecule has 0 bridgehead atoms. The highest BCUT2D eigenvalue weighted by atomic mass is 32.2. The van der Waals surface area contributed by atoms with Gasteiger partial charge in [-0.1, -0.05) is 50.9 Å². The molecule has 0 aliphatic rings. The molecular formula is C14H24N4OS. The van der Waals surface area contributed by atoms with Crippen molar-refractivity contribution in [3.05, 3.63) is 19.0 Å². The first-order valence-electron chi connectivity index (χ1n) is 7.17. The summed E-state index contributed by atoms with van der Waals surface area (Å²) in [4.78, 5) is 18.2. The number of hydrogen-bond acceptors (Lipinski definition) is 4. The molecule has 1 aromatic rings. The van der Waals surface area contributed by atoms with E-state index in [2.05, 4.69) is 23.6 Å². The van der Waals surface area contributed by atoms with E-state index in [1.807, 2.05) is 6.92 Å². The van der Waals surface area contributed by atoms with Crippen molar-refractivity contribution in [1.29, 1.82) is 0 Å². The van der Waals surface area contributed by atoms with Crippen molar-refractivity contribution in [1.82, 2.24) is 19.7 Å². The van der Waals surface area contributed by atoms with Crippen LogP contribution in [0, 0.1) is 0 Å². The average molecular weight is 296 g/mol. The zero-order chi connectivity index (χ0) is 14.8. The summed E-state index contributed by atoms with van der Waals surface area (Å²) < 4.78 is 1.32. The normalized spacial score (nSPS) is 10.5. The molecule has 0 saturated carbocycles. The minimum Gasteiger partial charge on any atom is -0.319 e. The molecule has 0 aromatic carbocycles. The highest BCUT2D eigenvalue weighted by Crippen LogP contribution is 2.11. The Labute approximate surface area is 125 Å². The molecular weight excluding hydrogens is 272 g/mol. The number of aromatic nitrogens is 3. The van der Waals surface area contributed by atoms with Crippen LogP contribution in [0.2, 0.25) is 0 Å². The summed E-state index contributed by atoms with van der Waals surface area (Å²) in [7, 11) is 0. The Morgan fingerprint density at radius 1 is 1.45 bits per heavy atom. The van der Waals surface area contributed by atoms with Crippen LogP contribution in [0.3, 0.4) is 0 Å². The van der Waals surface area contributed by atoms with Crippen LogP contribution in [-0.2, 0) is 0 Å². The molecule has 1 rings (SSSR count). The second kappa shape index (κ2) is 9.58. The van der Waals surface area contributed by atoms with Crippen LogP contribution >= 0.6 is 11.8 Å². The molecule has 0 spiro atoms. The van der Waals surface area contributed by atoms with Gasteiger partial charge < -0.3 is 4.90 Å². The summed E-state index contributed by atoms with van der Waals surface area (Å²) in [6.45, 7) is 9.20. The van der Waals surface area contributed by atoms with Gasteiger partial charge in [0.05, 0.1) is 0 Å². The fourth-order valence-electron chi connectivity index (χ4n) is 1.83. The van der Waals surface area contributed by atoms with Crippen LogP contribution in [0.15, 0.2) is 24.1 Å². The smallest absolute Gasteiger partial charge is 0.319 e. The van der Waals surface area contributed by atoms with Crippen molar-refractivity contribution in [2.24, 2.45) is 0 Å². The van der Waals surface area contributed by atoms with Gasteiger partial charge in [0, 0.05) is 13.1 Å². The zero-order valence-electron chi connectivity index (χ0n) is 12.4. The van der Waals surface area contributed by atoms with E-state index >= 15 is 0 Å². The molecule has 0 radical (unpaired) electrons. The number of thioether (sulfide) groups is 1. The number of amides is 1. The number of carbonyl (C=O) groups excluding carboxylic acids is 1. The Kier molecular flexibility index (Phi) is 8.02. The third kappa shape index (κ3) is 5.36. The van der Waals surface area contributed by atoms with Gasteiger partial charge in [0.25, 0.3) is 0 Å². The van der Waals surface area contributed by atoms with Crippen LogP contribution in [0.4, 0.5) is 4.79 Å². The molecule has 5 nitrogen and oxygen atoms in total. The Morgan fingerprint density at radius 3 is 2.90 bits per heavy atom. The SMILES string of the molecule is C=CCN(CCCCCC)C(=O)n1cnc(SCC)n1. The topological polar surface area (TPSA) is 51.0 Å². The van der Waals surface area contributed by atoms with Gasteiger partial charge in [-0.2, -0.15) is 4.68 Å². The molecule has 0 unspecified atom stereocenters. The van der Waals surface area contributed by atoms with Crippen molar-refractivity contribution >= 4 is 17.8 Å². The van der Waals surface area contributed by atoms with Crippen molar-refractivity contribution in [3.63, 3.8) is 0 Å². The lowest BCUT2D eigenvalue weighted by atomic mass is 10.2. The second-order valence-electron chi connectivity index (χ2n) is 4.48. The quantitative estimate of drug-likeness (QED) is 0.398. The third-order valence-electron chi connectivity index (χ3n) is 2.84. The van der Waals surface area contributed by atoms with Gasteiger partial charge >= 0.3 is 6.03 Å². The van der Waals surface area contributed by atoms with Gasteiger partial charge in [-0.05, 0) is 12.2 Å². The Bertz CT molecular complexity index is 419. The first-order valence-corrected chi connectivity index (χ1v) is 8.16. The predicted molar refractivity (Wildman–Crippen MR) is 83.1 cm³/mol. The van der Waals surface area contributed by atoms with E-state index in [1.165, 1.54) is 35.6 Å². The molecule has 1 aromatic heterocycles. The van der Waals surface area contributed by atoms with E-state index in [4.69, 9.17) is 0 Å². The molecule has 1 heterocycles. The van der Waals surface area contributed by atoms with E-state index in [0.717, 1.165) is 25.1 Å². The number of rotatable bonds is 9. The van der Waals surface area contributed by atoms with Crippen LogP contribution < -0.4 is 0 Å². The maximum absolute atomic E-state index is 12.3. The standard InChI is InChI=1S/C14H24N4OS/c1-4-7-8-9-11-17(10-5-2)14(19)18-12-15-13(16-18)20-6-3/h5,12H,2,4,6-11H2,1,3H3. The lowest BCUT2D eigenvalue weighted by Crippen LogP contribution is -2.36. The van der Waals surface area contributed by atoms with E-state index in [1.54, 1.807) is 11.0 Å². The van der Waals surface area contributed by atoms with Crippen LogP contribution in [0.1, 0.15) is 39.5 Å². The minimum absolute atomic E-state index is 0.128. The van der Waals surface area contributed by atoms with E-state index < -0.39 is 0 Å². The Hall–Kier alpha value is -1.30. The summed E-state index contributed by atoms with van der Waals surface area (Å²) in [6, 6.07) is -0.128. The van der Waals surface area contributed by atoms with Gasteiger partial charge in [-0.15, -0.1) is 11.7 Å². The van der Waals surface area contributed by atoms with Gasteiger partial charge in [-0.25, -0.2) is 9.78 Å².